The summed E-state index contributed by atoms with van der Waals surface area (Å²) in [6.45, 7) is 0. The Kier molecular flexibility index (Phi) is 0.974. The second kappa shape index (κ2) is 1.82. The third-order valence-corrected chi connectivity index (χ3v) is 1.17. The van der Waals surface area contributed by atoms with E-state index in [1.54, 1.807) is 0 Å². The molecule has 0 aliphatic carbocycles. The van der Waals surface area contributed by atoms with E-state index in [-0.39, 0.29) is 11.5 Å². The lowest BCUT2D eigenvalue weighted by Gasteiger charge is -2.05. The highest BCUT2D eigenvalue weighted by Crippen LogP contribution is 2.00. The third-order valence-electron chi connectivity index (χ3n) is 1.17. The van der Waals surface area contributed by atoms with Crippen molar-refractivity contribution < 1.29 is 9.59 Å². The number of rotatable bonds is 0. The first-order valence-electron chi connectivity index (χ1n) is 2.75. The lowest BCUT2D eigenvalue weighted by Crippen LogP contribution is -2.41. The summed E-state index contributed by atoms with van der Waals surface area (Å²) >= 11 is 0. The van der Waals surface area contributed by atoms with Gasteiger partial charge >= 0.3 is 6.03 Å². The molecular formula is C5HN4O2. The summed E-state index contributed by atoms with van der Waals surface area (Å²) in [5.74, 6) is -0.535. The molecule has 6 nitrogen and oxygen atoms in total. The van der Waals surface area contributed by atoms with E-state index >= 15 is 0 Å². The summed E-state index contributed by atoms with van der Waals surface area (Å²) in [6.07, 6.45) is 2.18. The van der Waals surface area contributed by atoms with Crippen molar-refractivity contribution in [2.24, 2.45) is 15.0 Å². The lowest BCUT2D eigenvalue weighted by molar-refractivity contribution is -0.113. The first-order chi connectivity index (χ1) is 5.27. The summed E-state index contributed by atoms with van der Waals surface area (Å²) in [4.78, 5) is 31.7. The van der Waals surface area contributed by atoms with Crippen LogP contribution in [0.5, 0.6) is 0 Å². The van der Waals surface area contributed by atoms with E-state index in [9.17, 15) is 9.59 Å². The number of carbonyl (C=O) groups is 2. The normalized spacial score (nSPS) is 20.7. The van der Waals surface area contributed by atoms with E-state index in [0.29, 0.717) is 0 Å². The summed E-state index contributed by atoms with van der Waals surface area (Å²) in [5, 5.41) is 1.95. The van der Waals surface area contributed by atoms with Gasteiger partial charge in [-0.25, -0.2) is 14.8 Å². The van der Waals surface area contributed by atoms with Crippen molar-refractivity contribution in [1.82, 2.24) is 5.32 Å². The zero-order valence-corrected chi connectivity index (χ0v) is 5.16. The molecule has 1 radical (unpaired) electrons. The molecule has 2 rings (SSSR count). The van der Waals surface area contributed by atoms with Crippen LogP contribution in [0.2, 0.25) is 0 Å². The molecule has 0 aromatic carbocycles. The number of amidine groups is 1. The molecule has 0 bridgehead atoms. The molecule has 0 atom stereocenters. The van der Waals surface area contributed by atoms with Crippen molar-refractivity contribution in [2.45, 2.75) is 0 Å². The monoisotopic (exact) mass is 149 g/mol. The average Bonchev–Trinajstić information content (AvgIpc) is 2.34. The molecule has 2 heterocycles. The topological polar surface area (TPSA) is 83.2 Å². The van der Waals surface area contributed by atoms with Gasteiger partial charge in [-0.15, -0.1) is 0 Å². The van der Waals surface area contributed by atoms with Crippen LogP contribution in [0.3, 0.4) is 0 Å². The first kappa shape index (κ1) is 5.90. The van der Waals surface area contributed by atoms with Crippen LogP contribution in [-0.4, -0.2) is 29.8 Å². The molecular weight excluding hydrogens is 148 g/mol. The fourth-order valence-electron chi connectivity index (χ4n) is 0.736. The molecule has 1 N–H and O–H groups in total. The molecule has 0 aromatic heterocycles. The molecule has 6 heteroatoms. The number of hydrogen-bond acceptors (Lipinski definition) is 4. The molecule has 0 aromatic rings. The fourth-order valence-corrected chi connectivity index (χ4v) is 0.736. The van der Waals surface area contributed by atoms with Gasteiger partial charge in [-0.3, -0.25) is 10.1 Å². The van der Waals surface area contributed by atoms with E-state index in [4.69, 9.17) is 0 Å². The second-order valence-corrected chi connectivity index (χ2v) is 1.87. The van der Waals surface area contributed by atoms with Gasteiger partial charge in [0.05, 0.1) is 0 Å². The number of carbonyl (C=O) groups excluding carboxylic acids is 2. The fraction of sp³-hybridized carbons (Fsp3) is 0. The smallest absolute Gasteiger partial charge is 0.271 e. The number of nitrogens with zero attached hydrogens (tertiary/aromatic N) is 3. The highest BCUT2D eigenvalue weighted by atomic mass is 16.2. The zero-order valence-electron chi connectivity index (χ0n) is 5.16. The van der Waals surface area contributed by atoms with Crippen molar-refractivity contribution in [2.75, 3.05) is 0 Å². The summed E-state index contributed by atoms with van der Waals surface area (Å²) in [6, 6.07) is -0.712. The van der Waals surface area contributed by atoms with Crippen molar-refractivity contribution in [3.63, 3.8) is 0 Å². The van der Waals surface area contributed by atoms with E-state index in [1.165, 1.54) is 0 Å². The Morgan fingerprint density at radius 2 is 2.18 bits per heavy atom. The van der Waals surface area contributed by atoms with E-state index in [1.807, 2.05) is 5.32 Å². The Morgan fingerprint density at radius 3 is 3.00 bits per heavy atom. The lowest BCUT2D eigenvalue weighted by atomic mass is 10.3. The van der Waals surface area contributed by atoms with Crippen LogP contribution >= 0.6 is 0 Å². The number of nitrogens with one attached hydrogen (secondary N) is 1. The van der Waals surface area contributed by atoms with Crippen molar-refractivity contribution in [3.05, 3.63) is 0 Å². The van der Waals surface area contributed by atoms with Crippen LogP contribution in [0, 0.1) is 0 Å². The quantitative estimate of drug-likeness (QED) is 0.478. The molecule has 0 unspecified atom stereocenters. The number of hydrogen-bond donors (Lipinski definition) is 1. The van der Waals surface area contributed by atoms with Crippen LogP contribution in [0.15, 0.2) is 15.0 Å². The maximum atomic E-state index is 10.8. The van der Waals surface area contributed by atoms with Gasteiger partial charge < -0.3 is 0 Å². The number of fused-ring (bicyclic) bond motifs is 1. The van der Waals surface area contributed by atoms with Crippen LogP contribution in [0.25, 0.3) is 0 Å². The molecule has 0 saturated carbocycles. The van der Waals surface area contributed by atoms with Crippen molar-refractivity contribution in [1.29, 1.82) is 0 Å². The summed E-state index contributed by atoms with van der Waals surface area (Å²) in [5.41, 5.74) is 0.0459. The Morgan fingerprint density at radius 1 is 1.36 bits per heavy atom. The molecule has 53 valence electrons. The average molecular weight is 149 g/mol. The van der Waals surface area contributed by atoms with Gasteiger partial charge in [0.2, 0.25) is 6.34 Å². The van der Waals surface area contributed by atoms with Crippen LogP contribution in [-0.2, 0) is 4.79 Å². The van der Waals surface area contributed by atoms with E-state index < -0.39 is 11.9 Å². The zero-order chi connectivity index (χ0) is 7.84. The number of imide groups is 1. The standard InChI is InChI=1S/C5HN4O2/c10-4-2-3(7-1-6-2)8-5(11)9-4/h(H,9,10,11). The van der Waals surface area contributed by atoms with Crippen LogP contribution < -0.4 is 5.32 Å². The third kappa shape index (κ3) is 0.759. The van der Waals surface area contributed by atoms with Gasteiger partial charge in [-0.1, -0.05) is 0 Å². The number of amides is 3. The molecule has 2 aliphatic heterocycles. The van der Waals surface area contributed by atoms with E-state index in [2.05, 4.69) is 21.3 Å². The Balaban J connectivity index is 2.53. The molecule has 3 amide bonds. The minimum atomic E-state index is -0.712. The predicted molar refractivity (Wildman–Crippen MR) is 35.8 cm³/mol. The predicted octanol–water partition coefficient (Wildman–Crippen LogP) is -1.01. The van der Waals surface area contributed by atoms with Gasteiger partial charge in [-0.05, 0) is 0 Å². The maximum absolute atomic E-state index is 10.8. The van der Waals surface area contributed by atoms with Crippen LogP contribution in [0.4, 0.5) is 4.79 Å². The highest BCUT2D eigenvalue weighted by Gasteiger charge is 2.28. The minimum absolute atomic E-state index is 0.0405. The summed E-state index contributed by atoms with van der Waals surface area (Å²) < 4.78 is 0. The molecule has 2 aliphatic rings. The Hall–Kier alpha value is -1.85. The number of urea groups is 1. The van der Waals surface area contributed by atoms with Crippen molar-refractivity contribution >= 4 is 29.8 Å². The largest absolute Gasteiger partial charge is 0.350 e. The van der Waals surface area contributed by atoms with Gasteiger partial charge in [0.1, 0.15) is 0 Å². The molecule has 0 spiro atoms. The summed E-state index contributed by atoms with van der Waals surface area (Å²) in [7, 11) is 0. The van der Waals surface area contributed by atoms with Gasteiger partial charge in [-0.2, -0.15) is 4.99 Å². The number of aliphatic imine (C=N–C) groups is 3. The second-order valence-electron chi connectivity index (χ2n) is 1.87. The van der Waals surface area contributed by atoms with E-state index in [0.717, 1.165) is 0 Å². The molecule has 0 saturated heterocycles. The first-order valence-corrected chi connectivity index (χ1v) is 2.75. The van der Waals surface area contributed by atoms with Crippen LogP contribution in [0.1, 0.15) is 0 Å². The molecule has 11 heavy (non-hydrogen) atoms. The van der Waals surface area contributed by atoms with Gasteiger partial charge in [0, 0.05) is 0 Å². The van der Waals surface area contributed by atoms with Gasteiger partial charge in [0.25, 0.3) is 5.91 Å². The molecule has 0 fully saturated rings. The highest BCUT2D eigenvalue weighted by molar-refractivity contribution is 6.71. The minimum Gasteiger partial charge on any atom is -0.271 e. The Bertz CT molecular complexity index is 338. The maximum Gasteiger partial charge on any atom is 0.350 e. The van der Waals surface area contributed by atoms with Crippen molar-refractivity contribution in [3.8, 4) is 0 Å². The SMILES string of the molecule is O=C1N=C2N=[C]N=C2C(=O)N1. The Labute approximate surface area is 60.7 Å². The van der Waals surface area contributed by atoms with Gasteiger partial charge in [0.15, 0.2) is 11.5 Å².